The number of nitrogens with two attached hydrogens (primary N) is 3. The number of nitrogens with one attached hydrogen (secondary N) is 2. The van der Waals surface area contributed by atoms with E-state index in [9.17, 15) is 9.59 Å². The van der Waals surface area contributed by atoms with Gasteiger partial charge in [-0.2, -0.15) is 0 Å². The van der Waals surface area contributed by atoms with Gasteiger partial charge in [0.05, 0.1) is 0 Å². The van der Waals surface area contributed by atoms with Crippen molar-refractivity contribution in [2.24, 2.45) is 17.2 Å². The minimum Gasteiger partial charge on any atom is -0.369 e. The predicted octanol–water partition coefficient (Wildman–Crippen LogP) is 0.168. The van der Waals surface area contributed by atoms with Crippen LogP contribution in [-0.4, -0.2) is 28.6 Å². The zero-order valence-electron chi connectivity index (χ0n) is 11.5. The van der Waals surface area contributed by atoms with Crippen molar-refractivity contribution < 1.29 is 9.59 Å². The molecule has 0 aliphatic heterocycles. The highest BCUT2D eigenvalue weighted by molar-refractivity contribution is 6.16. The van der Waals surface area contributed by atoms with E-state index in [2.05, 4.69) is 0 Å². The Hall–Kier alpha value is -3.42. The highest BCUT2D eigenvalue weighted by Crippen LogP contribution is 2.19. The summed E-state index contributed by atoms with van der Waals surface area (Å²) in [5.41, 5.74) is 16.3. The Kier molecular flexibility index (Phi) is 3.76. The van der Waals surface area contributed by atoms with E-state index in [0.717, 1.165) is 5.39 Å². The molecule has 0 saturated heterocycles. The molecule has 0 radical (unpaired) electrons. The fourth-order valence-corrected chi connectivity index (χ4v) is 2.01. The molecule has 0 aliphatic rings. The SMILES string of the molecule is N=C(N)N(C(=N)N)C(=O)c1ccc2cc(C(N)=O)ccc2c1. The number of guanidine groups is 2. The van der Waals surface area contributed by atoms with E-state index in [4.69, 9.17) is 28.0 Å². The van der Waals surface area contributed by atoms with E-state index in [1.807, 2.05) is 0 Å². The van der Waals surface area contributed by atoms with Crippen molar-refractivity contribution in [2.45, 2.75) is 0 Å². The summed E-state index contributed by atoms with van der Waals surface area (Å²) in [7, 11) is 0. The lowest BCUT2D eigenvalue weighted by Gasteiger charge is -2.18. The van der Waals surface area contributed by atoms with Crippen LogP contribution in [0.1, 0.15) is 20.7 Å². The molecular formula is C14H14N6O2. The van der Waals surface area contributed by atoms with Crippen LogP contribution in [0.25, 0.3) is 10.8 Å². The standard InChI is InChI=1S/C14H14N6O2/c15-11(21)9-3-1-8-6-10(4-2-7(8)5-9)12(22)20(13(16)17)14(18)19/h1-6H,(H2,15,21)(H3,16,17)(H3,18,19). The first-order valence-electron chi connectivity index (χ1n) is 6.17. The number of primary amides is 1. The molecule has 0 atom stereocenters. The molecule has 0 spiro atoms. The lowest BCUT2D eigenvalue weighted by atomic mass is 10.0. The molecule has 22 heavy (non-hydrogen) atoms. The maximum atomic E-state index is 12.3. The minimum absolute atomic E-state index is 0.213. The first-order chi connectivity index (χ1) is 10.3. The Bertz CT molecular complexity index is 800. The van der Waals surface area contributed by atoms with Crippen LogP contribution in [0, 0.1) is 10.8 Å². The van der Waals surface area contributed by atoms with E-state index >= 15 is 0 Å². The third-order valence-electron chi connectivity index (χ3n) is 3.06. The van der Waals surface area contributed by atoms with Crippen molar-refractivity contribution in [1.29, 1.82) is 10.8 Å². The first kappa shape index (κ1) is 15.0. The summed E-state index contributed by atoms with van der Waals surface area (Å²) in [6.45, 7) is 0. The van der Waals surface area contributed by atoms with E-state index in [-0.39, 0.29) is 5.56 Å². The normalized spacial score (nSPS) is 10.2. The van der Waals surface area contributed by atoms with Gasteiger partial charge in [0.25, 0.3) is 5.91 Å². The van der Waals surface area contributed by atoms with Crippen LogP contribution in [0.2, 0.25) is 0 Å². The highest BCUT2D eigenvalue weighted by Gasteiger charge is 2.21. The van der Waals surface area contributed by atoms with Gasteiger partial charge in [-0.25, -0.2) is 4.90 Å². The average Bonchev–Trinajstić information content (AvgIpc) is 2.45. The third-order valence-corrected chi connectivity index (χ3v) is 3.06. The van der Waals surface area contributed by atoms with E-state index in [1.165, 1.54) is 6.07 Å². The Morgan fingerprint density at radius 2 is 1.27 bits per heavy atom. The lowest BCUT2D eigenvalue weighted by molar-refractivity contribution is 0.0900. The highest BCUT2D eigenvalue weighted by atomic mass is 16.2. The summed E-state index contributed by atoms with van der Waals surface area (Å²) in [5.74, 6) is -2.49. The number of hydrogen-bond acceptors (Lipinski definition) is 4. The van der Waals surface area contributed by atoms with Crippen molar-refractivity contribution in [3.63, 3.8) is 0 Å². The van der Waals surface area contributed by atoms with Crippen molar-refractivity contribution in [1.82, 2.24) is 4.90 Å². The predicted molar refractivity (Wildman–Crippen MR) is 82.5 cm³/mol. The molecule has 0 bridgehead atoms. The van der Waals surface area contributed by atoms with Gasteiger partial charge in [-0.1, -0.05) is 12.1 Å². The molecule has 0 unspecified atom stereocenters. The maximum absolute atomic E-state index is 12.3. The van der Waals surface area contributed by atoms with Crippen LogP contribution >= 0.6 is 0 Å². The van der Waals surface area contributed by atoms with Crippen LogP contribution in [0.15, 0.2) is 36.4 Å². The molecule has 2 amide bonds. The van der Waals surface area contributed by atoms with Gasteiger partial charge in [0, 0.05) is 11.1 Å². The van der Waals surface area contributed by atoms with E-state index < -0.39 is 23.7 Å². The maximum Gasteiger partial charge on any atom is 0.267 e. The van der Waals surface area contributed by atoms with Gasteiger partial charge in [-0.05, 0) is 35.0 Å². The molecule has 0 saturated carbocycles. The van der Waals surface area contributed by atoms with Crippen LogP contribution in [0.3, 0.4) is 0 Å². The quantitative estimate of drug-likeness (QED) is 0.394. The molecule has 0 aliphatic carbocycles. The van der Waals surface area contributed by atoms with Crippen molar-refractivity contribution in [3.05, 3.63) is 47.5 Å². The molecule has 0 fully saturated rings. The second-order valence-corrected chi connectivity index (χ2v) is 4.55. The molecule has 2 aromatic rings. The number of carbonyl (C=O) groups excluding carboxylic acids is 2. The Morgan fingerprint density at radius 1 is 0.818 bits per heavy atom. The molecule has 2 aromatic carbocycles. The summed E-state index contributed by atoms with van der Waals surface area (Å²) in [6.07, 6.45) is 0. The van der Waals surface area contributed by atoms with Crippen LogP contribution < -0.4 is 17.2 Å². The van der Waals surface area contributed by atoms with Gasteiger partial charge in [-0.3, -0.25) is 20.4 Å². The van der Waals surface area contributed by atoms with Gasteiger partial charge in [0.2, 0.25) is 17.8 Å². The molecule has 0 aromatic heterocycles. The van der Waals surface area contributed by atoms with Crippen LogP contribution in [0.4, 0.5) is 0 Å². The second-order valence-electron chi connectivity index (χ2n) is 4.55. The first-order valence-corrected chi connectivity index (χ1v) is 6.17. The average molecular weight is 298 g/mol. The van der Waals surface area contributed by atoms with Gasteiger partial charge in [-0.15, -0.1) is 0 Å². The summed E-state index contributed by atoms with van der Waals surface area (Å²) >= 11 is 0. The van der Waals surface area contributed by atoms with Gasteiger partial charge >= 0.3 is 0 Å². The number of fused-ring (bicyclic) bond motifs is 1. The smallest absolute Gasteiger partial charge is 0.267 e. The fraction of sp³-hybridized carbons (Fsp3) is 0. The summed E-state index contributed by atoms with van der Waals surface area (Å²) in [4.78, 5) is 24.0. The summed E-state index contributed by atoms with van der Waals surface area (Å²) in [6, 6.07) is 9.49. The Balaban J connectivity index is 2.47. The second kappa shape index (κ2) is 5.52. The number of amides is 2. The third kappa shape index (κ3) is 2.70. The van der Waals surface area contributed by atoms with E-state index in [1.54, 1.807) is 30.3 Å². The molecule has 112 valence electrons. The summed E-state index contributed by atoms with van der Waals surface area (Å²) < 4.78 is 0. The van der Waals surface area contributed by atoms with Crippen LogP contribution in [-0.2, 0) is 0 Å². The number of carbonyl (C=O) groups is 2. The van der Waals surface area contributed by atoms with Gasteiger partial charge in [0.15, 0.2) is 0 Å². The number of rotatable bonds is 2. The van der Waals surface area contributed by atoms with Crippen molar-refractivity contribution in [2.75, 3.05) is 0 Å². The number of hydrogen-bond donors (Lipinski definition) is 5. The fourth-order valence-electron chi connectivity index (χ4n) is 2.01. The van der Waals surface area contributed by atoms with Crippen LogP contribution in [0.5, 0.6) is 0 Å². The zero-order chi connectivity index (χ0) is 16.4. The van der Waals surface area contributed by atoms with E-state index in [0.29, 0.717) is 15.8 Å². The molecule has 8 N–H and O–H groups in total. The Morgan fingerprint density at radius 3 is 1.73 bits per heavy atom. The Labute approximate surface area is 125 Å². The van der Waals surface area contributed by atoms with Crippen molar-refractivity contribution in [3.8, 4) is 0 Å². The van der Waals surface area contributed by atoms with Gasteiger partial charge in [0.1, 0.15) is 0 Å². The lowest BCUT2D eigenvalue weighted by Crippen LogP contribution is -2.48. The topological polar surface area (TPSA) is 163 Å². The van der Waals surface area contributed by atoms with Crippen molar-refractivity contribution >= 4 is 34.5 Å². The minimum atomic E-state index is -0.680. The largest absolute Gasteiger partial charge is 0.369 e. The monoisotopic (exact) mass is 298 g/mol. The molecule has 0 heterocycles. The van der Waals surface area contributed by atoms with Gasteiger partial charge < -0.3 is 17.2 Å². The summed E-state index contributed by atoms with van der Waals surface area (Å²) in [5, 5.41) is 16.0. The molecular weight excluding hydrogens is 284 g/mol. The number of benzene rings is 2. The molecule has 8 heteroatoms. The molecule has 2 rings (SSSR count). The molecule has 8 nitrogen and oxygen atoms in total. The number of nitrogens with zero attached hydrogens (tertiary/aromatic N) is 1. The zero-order valence-corrected chi connectivity index (χ0v) is 11.5.